The van der Waals surface area contributed by atoms with E-state index in [1.807, 2.05) is 13.8 Å². The van der Waals surface area contributed by atoms with Gasteiger partial charge in [0.15, 0.2) is 23.1 Å². The number of halogens is 3. The minimum absolute atomic E-state index is 0.0338. The first kappa shape index (κ1) is 19.2. The van der Waals surface area contributed by atoms with E-state index in [-0.39, 0.29) is 18.0 Å². The van der Waals surface area contributed by atoms with Crippen molar-refractivity contribution in [3.05, 3.63) is 52.0 Å². The van der Waals surface area contributed by atoms with E-state index >= 15 is 0 Å². The Bertz CT molecular complexity index is 768. The van der Waals surface area contributed by atoms with E-state index in [1.54, 1.807) is 12.1 Å². The number of benzene rings is 2. The topological polar surface area (TPSA) is 47.6 Å². The molecule has 0 aliphatic rings. The van der Waals surface area contributed by atoms with Crippen molar-refractivity contribution in [2.45, 2.75) is 20.3 Å². The minimum Gasteiger partial charge on any atom is -0.490 e. The highest BCUT2D eigenvalue weighted by molar-refractivity contribution is 9.10. The van der Waals surface area contributed by atoms with Crippen LogP contribution in [0, 0.1) is 11.6 Å². The molecule has 1 N–H and O–H groups in total. The molecule has 0 heterocycles. The third-order valence-electron chi connectivity index (χ3n) is 3.27. The van der Waals surface area contributed by atoms with Crippen LogP contribution in [0.25, 0.3) is 0 Å². The molecule has 25 heavy (non-hydrogen) atoms. The second kappa shape index (κ2) is 8.80. The first-order chi connectivity index (χ1) is 11.9. The smallest absolute Gasteiger partial charge is 0.228 e. The number of rotatable bonds is 7. The second-order valence-corrected chi connectivity index (χ2v) is 5.96. The fourth-order valence-corrected chi connectivity index (χ4v) is 2.66. The number of nitrogens with one attached hydrogen (secondary N) is 1. The van der Waals surface area contributed by atoms with E-state index in [0.717, 1.165) is 12.1 Å². The Morgan fingerprint density at radius 1 is 1.04 bits per heavy atom. The predicted molar refractivity (Wildman–Crippen MR) is 95.2 cm³/mol. The molecular formula is C18H18BrF2NO3. The summed E-state index contributed by atoms with van der Waals surface area (Å²) in [5.41, 5.74) is 0.878. The maximum absolute atomic E-state index is 13.2. The molecule has 0 saturated carbocycles. The predicted octanol–water partition coefficient (Wildman–Crippen LogP) is 4.71. The lowest BCUT2D eigenvalue weighted by Crippen LogP contribution is -2.15. The molecule has 0 aromatic heterocycles. The second-order valence-electron chi connectivity index (χ2n) is 5.11. The molecule has 0 radical (unpaired) electrons. The van der Waals surface area contributed by atoms with Crippen LogP contribution < -0.4 is 14.8 Å². The number of hydrogen-bond donors (Lipinski definition) is 1. The van der Waals surface area contributed by atoms with Crippen LogP contribution >= 0.6 is 15.9 Å². The van der Waals surface area contributed by atoms with Crippen LogP contribution in [0.15, 0.2) is 34.8 Å². The molecule has 0 saturated heterocycles. The SMILES string of the molecule is CCOc1cc(Br)c(CC(=O)Nc2ccc(F)c(F)c2)cc1OCC. The van der Waals surface area contributed by atoms with Crippen LogP contribution in [0.2, 0.25) is 0 Å². The highest BCUT2D eigenvalue weighted by atomic mass is 79.9. The molecule has 0 atom stereocenters. The van der Waals surface area contributed by atoms with Crippen molar-refractivity contribution in [3.8, 4) is 11.5 Å². The Morgan fingerprint density at radius 3 is 2.28 bits per heavy atom. The number of carbonyl (C=O) groups excluding carboxylic acids is 1. The Kier molecular flexibility index (Phi) is 6.75. The molecule has 0 bridgehead atoms. The largest absolute Gasteiger partial charge is 0.490 e. The summed E-state index contributed by atoms with van der Waals surface area (Å²) in [7, 11) is 0. The summed E-state index contributed by atoms with van der Waals surface area (Å²) in [5, 5.41) is 2.54. The van der Waals surface area contributed by atoms with Crippen LogP contribution in [-0.2, 0) is 11.2 Å². The first-order valence-corrected chi connectivity index (χ1v) is 8.56. The summed E-state index contributed by atoms with van der Waals surface area (Å²) >= 11 is 3.41. The third-order valence-corrected chi connectivity index (χ3v) is 4.01. The van der Waals surface area contributed by atoms with Crippen LogP contribution in [0.5, 0.6) is 11.5 Å². The molecule has 0 fully saturated rings. The van der Waals surface area contributed by atoms with E-state index in [1.165, 1.54) is 6.07 Å². The normalized spacial score (nSPS) is 10.4. The minimum atomic E-state index is -1.02. The maximum atomic E-state index is 13.2. The fourth-order valence-electron chi connectivity index (χ4n) is 2.20. The van der Waals surface area contributed by atoms with Crippen molar-refractivity contribution in [2.24, 2.45) is 0 Å². The quantitative estimate of drug-likeness (QED) is 0.714. The van der Waals surface area contributed by atoms with E-state index < -0.39 is 11.6 Å². The van der Waals surface area contributed by atoms with Gasteiger partial charge in [0.05, 0.1) is 19.6 Å². The molecule has 0 aliphatic carbocycles. The summed E-state index contributed by atoms with van der Waals surface area (Å²) in [6.45, 7) is 4.67. The molecule has 134 valence electrons. The van der Waals surface area contributed by atoms with Gasteiger partial charge in [0.1, 0.15) is 0 Å². The zero-order chi connectivity index (χ0) is 18.4. The molecule has 2 rings (SSSR count). The summed E-state index contributed by atoms with van der Waals surface area (Å²) in [6, 6.07) is 6.67. The van der Waals surface area contributed by atoms with Gasteiger partial charge in [0.25, 0.3) is 0 Å². The number of amides is 1. The summed E-state index contributed by atoms with van der Waals surface area (Å²) in [4.78, 5) is 12.2. The van der Waals surface area contributed by atoms with Crippen molar-refractivity contribution in [2.75, 3.05) is 18.5 Å². The molecule has 2 aromatic carbocycles. The van der Waals surface area contributed by atoms with Gasteiger partial charge < -0.3 is 14.8 Å². The summed E-state index contributed by atoms with van der Waals surface area (Å²) in [6.07, 6.45) is 0.0338. The lowest BCUT2D eigenvalue weighted by molar-refractivity contribution is -0.115. The third kappa shape index (κ3) is 5.16. The highest BCUT2D eigenvalue weighted by Crippen LogP contribution is 2.34. The van der Waals surface area contributed by atoms with E-state index in [0.29, 0.717) is 34.7 Å². The molecule has 0 spiro atoms. The van der Waals surface area contributed by atoms with Crippen molar-refractivity contribution in [1.29, 1.82) is 0 Å². The Balaban J connectivity index is 2.16. The monoisotopic (exact) mass is 413 g/mol. The maximum Gasteiger partial charge on any atom is 0.228 e. The van der Waals surface area contributed by atoms with Gasteiger partial charge in [-0.3, -0.25) is 4.79 Å². The molecule has 2 aromatic rings. The van der Waals surface area contributed by atoms with E-state index in [2.05, 4.69) is 21.2 Å². The van der Waals surface area contributed by atoms with Crippen molar-refractivity contribution in [3.63, 3.8) is 0 Å². The van der Waals surface area contributed by atoms with Gasteiger partial charge in [-0.05, 0) is 43.7 Å². The highest BCUT2D eigenvalue weighted by Gasteiger charge is 2.14. The number of ether oxygens (including phenoxy) is 2. The van der Waals surface area contributed by atoms with Gasteiger partial charge in [-0.25, -0.2) is 8.78 Å². The average Bonchev–Trinajstić information content (AvgIpc) is 2.55. The van der Waals surface area contributed by atoms with Gasteiger partial charge >= 0.3 is 0 Å². The van der Waals surface area contributed by atoms with Gasteiger partial charge in [0, 0.05) is 16.2 Å². The van der Waals surface area contributed by atoms with Crippen LogP contribution in [-0.4, -0.2) is 19.1 Å². The number of anilines is 1. The molecule has 4 nitrogen and oxygen atoms in total. The molecule has 0 aliphatic heterocycles. The van der Waals surface area contributed by atoms with Gasteiger partial charge in [-0.15, -0.1) is 0 Å². The zero-order valence-electron chi connectivity index (χ0n) is 13.9. The Labute approximate surface area is 153 Å². The fraction of sp³-hybridized carbons (Fsp3) is 0.278. The van der Waals surface area contributed by atoms with Crippen molar-refractivity contribution >= 4 is 27.5 Å². The van der Waals surface area contributed by atoms with Gasteiger partial charge in [-0.2, -0.15) is 0 Å². The molecule has 1 amide bonds. The van der Waals surface area contributed by atoms with E-state index in [9.17, 15) is 13.6 Å². The lowest BCUT2D eigenvalue weighted by atomic mass is 10.1. The Morgan fingerprint density at radius 2 is 1.68 bits per heavy atom. The Hall–Kier alpha value is -2.15. The van der Waals surface area contributed by atoms with Crippen LogP contribution in [0.3, 0.4) is 0 Å². The summed E-state index contributed by atoms with van der Waals surface area (Å²) in [5.74, 6) is -1.21. The van der Waals surface area contributed by atoms with Crippen LogP contribution in [0.1, 0.15) is 19.4 Å². The average molecular weight is 414 g/mol. The number of hydrogen-bond acceptors (Lipinski definition) is 3. The first-order valence-electron chi connectivity index (χ1n) is 7.77. The summed E-state index contributed by atoms with van der Waals surface area (Å²) < 4.78 is 37.9. The van der Waals surface area contributed by atoms with Crippen molar-refractivity contribution < 1.29 is 23.0 Å². The number of carbonyl (C=O) groups is 1. The molecular weight excluding hydrogens is 396 g/mol. The lowest BCUT2D eigenvalue weighted by Gasteiger charge is -2.14. The zero-order valence-corrected chi connectivity index (χ0v) is 15.5. The molecule has 0 unspecified atom stereocenters. The standard InChI is InChI=1S/C18H18BrF2NO3/c1-3-24-16-7-11(13(19)10-17(16)25-4-2)8-18(23)22-12-5-6-14(20)15(21)9-12/h5-7,9-10H,3-4,8H2,1-2H3,(H,22,23). The van der Waals surface area contributed by atoms with Crippen molar-refractivity contribution in [1.82, 2.24) is 0 Å². The van der Waals surface area contributed by atoms with Gasteiger partial charge in [-0.1, -0.05) is 15.9 Å². The van der Waals surface area contributed by atoms with Crippen LogP contribution in [0.4, 0.5) is 14.5 Å². The molecule has 7 heteroatoms. The van der Waals surface area contributed by atoms with E-state index in [4.69, 9.17) is 9.47 Å². The van der Waals surface area contributed by atoms with Gasteiger partial charge in [0.2, 0.25) is 5.91 Å².